The molecule has 1 saturated carbocycles. The summed E-state index contributed by atoms with van der Waals surface area (Å²) in [4.78, 5) is 11.6. The highest BCUT2D eigenvalue weighted by Gasteiger charge is 2.32. The number of carbonyl (C=O) groups excluding carboxylic acids is 1. The van der Waals surface area contributed by atoms with Gasteiger partial charge in [-0.1, -0.05) is 12.8 Å². The number of aliphatic hydroxyl groups is 1. The molecule has 1 amide bonds. The first-order chi connectivity index (χ1) is 7.20. The van der Waals surface area contributed by atoms with Gasteiger partial charge in [0, 0.05) is 13.2 Å². The van der Waals surface area contributed by atoms with Crippen molar-refractivity contribution in [3.8, 4) is 0 Å². The maximum Gasteiger partial charge on any atom is 0.225 e. The van der Waals surface area contributed by atoms with Crippen LogP contribution >= 0.6 is 0 Å². The smallest absolute Gasteiger partial charge is 0.225 e. The Morgan fingerprint density at radius 2 is 2.20 bits per heavy atom. The highest BCUT2D eigenvalue weighted by molar-refractivity contribution is 5.79. The van der Waals surface area contributed by atoms with Gasteiger partial charge >= 0.3 is 0 Å². The predicted molar refractivity (Wildman–Crippen MR) is 55.4 cm³/mol. The Morgan fingerprint density at radius 3 is 2.80 bits per heavy atom. The van der Waals surface area contributed by atoms with Gasteiger partial charge in [0.15, 0.2) is 0 Å². The summed E-state index contributed by atoms with van der Waals surface area (Å²) in [5.74, 6) is 0.0304. The van der Waals surface area contributed by atoms with E-state index in [0.29, 0.717) is 19.8 Å². The summed E-state index contributed by atoms with van der Waals surface area (Å²) in [6, 6.07) is 0. The van der Waals surface area contributed by atoms with Gasteiger partial charge in [0.25, 0.3) is 0 Å². The van der Waals surface area contributed by atoms with Crippen LogP contribution in [0.15, 0.2) is 0 Å². The Kier molecular flexibility index (Phi) is 3.26. The van der Waals surface area contributed by atoms with E-state index in [2.05, 4.69) is 5.32 Å². The lowest BCUT2D eigenvalue weighted by molar-refractivity contribution is -0.126. The summed E-state index contributed by atoms with van der Waals surface area (Å²) in [5, 5.41) is 12.9. The zero-order valence-corrected chi connectivity index (χ0v) is 9.00. The van der Waals surface area contributed by atoms with E-state index in [1.807, 2.05) is 0 Å². The summed E-state index contributed by atoms with van der Waals surface area (Å²) >= 11 is 0. The minimum absolute atomic E-state index is 0.00463. The number of carbonyl (C=O) groups is 1. The molecule has 2 N–H and O–H groups in total. The Balaban J connectivity index is 1.74. The van der Waals surface area contributed by atoms with Gasteiger partial charge in [0.2, 0.25) is 5.91 Å². The van der Waals surface area contributed by atoms with Crippen molar-refractivity contribution >= 4 is 5.91 Å². The maximum atomic E-state index is 11.6. The zero-order valence-electron chi connectivity index (χ0n) is 9.00. The first kappa shape index (κ1) is 10.9. The number of ether oxygens (including phenoxy) is 1. The lowest BCUT2D eigenvalue weighted by atomic mass is 10.0. The van der Waals surface area contributed by atoms with Crippen molar-refractivity contribution in [3.05, 3.63) is 0 Å². The molecule has 4 heteroatoms. The number of hydrogen-bond acceptors (Lipinski definition) is 3. The molecule has 4 nitrogen and oxygen atoms in total. The molecule has 0 spiro atoms. The molecule has 1 heterocycles. The third-order valence-electron chi connectivity index (χ3n) is 3.43. The largest absolute Gasteiger partial charge is 0.388 e. The topological polar surface area (TPSA) is 58.6 Å². The van der Waals surface area contributed by atoms with Crippen LogP contribution in [0.1, 0.15) is 32.1 Å². The molecule has 1 saturated heterocycles. The summed E-state index contributed by atoms with van der Waals surface area (Å²) in [5.41, 5.74) is -0.644. The SMILES string of the molecule is O=C(NCC1(O)CCCC1)C1CCOC1. The van der Waals surface area contributed by atoms with Crippen molar-refractivity contribution < 1.29 is 14.6 Å². The average molecular weight is 213 g/mol. The Bertz CT molecular complexity index is 230. The van der Waals surface area contributed by atoms with Crippen molar-refractivity contribution in [2.45, 2.75) is 37.7 Å². The van der Waals surface area contributed by atoms with Crippen LogP contribution < -0.4 is 5.32 Å². The van der Waals surface area contributed by atoms with Gasteiger partial charge in [0.1, 0.15) is 0 Å². The molecular formula is C11H19NO3. The van der Waals surface area contributed by atoms with Crippen LogP contribution in [-0.2, 0) is 9.53 Å². The molecule has 1 atom stereocenters. The Morgan fingerprint density at radius 1 is 1.47 bits per heavy atom. The van der Waals surface area contributed by atoms with Crippen LogP contribution in [0, 0.1) is 5.92 Å². The van der Waals surface area contributed by atoms with E-state index in [9.17, 15) is 9.90 Å². The van der Waals surface area contributed by atoms with E-state index >= 15 is 0 Å². The minimum atomic E-state index is -0.644. The third kappa shape index (κ3) is 2.69. The predicted octanol–water partition coefficient (Wildman–Crippen LogP) is 0.444. The molecule has 0 aromatic heterocycles. The summed E-state index contributed by atoms with van der Waals surface area (Å²) in [6.07, 6.45) is 4.57. The Hall–Kier alpha value is -0.610. The van der Waals surface area contributed by atoms with Crippen molar-refractivity contribution in [2.24, 2.45) is 5.92 Å². The van der Waals surface area contributed by atoms with Crippen molar-refractivity contribution in [1.82, 2.24) is 5.32 Å². The normalized spacial score (nSPS) is 29.3. The number of rotatable bonds is 3. The van der Waals surface area contributed by atoms with Crippen LogP contribution in [0.5, 0.6) is 0 Å². The molecule has 0 aromatic rings. The van der Waals surface area contributed by atoms with Gasteiger partial charge in [-0.05, 0) is 19.3 Å². The van der Waals surface area contributed by atoms with E-state index in [-0.39, 0.29) is 11.8 Å². The van der Waals surface area contributed by atoms with Gasteiger partial charge in [0.05, 0.1) is 18.1 Å². The van der Waals surface area contributed by atoms with Crippen LogP contribution in [0.3, 0.4) is 0 Å². The minimum Gasteiger partial charge on any atom is -0.388 e. The van der Waals surface area contributed by atoms with Gasteiger partial charge < -0.3 is 15.2 Å². The fourth-order valence-electron chi connectivity index (χ4n) is 2.35. The molecule has 2 fully saturated rings. The number of hydrogen-bond donors (Lipinski definition) is 2. The van der Waals surface area contributed by atoms with E-state index < -0.39 is 5.60 Å². The summed E-state index contributed by atoms with van der Waals surface area (Å²) in [6.45, 7) is 1.62. The number of nitrogens with one attached hydrogen (secondary N) is 1. The standard InChI is InChI=1S/C11H19NO3/c13-10(9-3-6-15-7-9)12-8-11(14)4-1-2-5-11/h9,14H,1-8H2,(H,12,13). The lowest BCUT2D eigenvalue weighted by Gasteiger charge is -2.23. The van der Waals surface area contributed by atoms with E-state index in [0.717, 1.165) is 32.1 Å². The van der Waals surface area contributed by atoms with Gasteiger partial charge in [-0.2, -0.15) is 0 Å². The van der Waals surface area contributed by atoms with E-state index in [4.69, 9.17) is 4.74 Å². The highest BCUT2D eigenvalue weighted by atomic mass is 16.5. The fourth-order valence-corrected chi connectivity index (χ4v) is 2.35. The lowest BCUT2D eigenvalue weighted by Crippen LogP contribution is -2.43. The molecule has 2 aliphatic rings. The molecule has 1 aliphatic carbocycles. The number of amides is 1. The molecule has 86 valence electrons. The molecular weight excluding hydrogens is 194 g/mol. The maximum absolute atomic E-state index is 11.6. The van der Waals surface area contributed by atoms with Crippen LogP contribution in [0.2, 0.25) is 0 Å². The molecule has 0 aromatic carbocycles. The van der Waals surface area contributed by atoms with Gasteiger partial charge in [-0.3, -0.25) is 4.79 Å². The molecule has 0 bridgehead atoms. The third-order valence-corrected chi connectivity index (χ3v) is 3.43. The first-order valence-corrected chi connectivity index (χ1v) is 5.77. The molecule has 1 unspecified atom stereocenters. The second-order valence-electron chi connectivity index (χ2n) is 4.71. The van der Waals surface area contributed by atoms with Crippen LogP contribution in [-0.4, -0.2) is 36.4 Å². The van der Waals surface area contributed by atoms with Crippen LogP contribution in [0.25, 0.3) is 0 Å². The first-order valence-electron chi connectivity index (χ1n) is 5.77. The quantitative estimate of drug-likeness (QED) is 0.715. The molecule has 2 rings (SSSR count). The van der Waals surface area contributed by atoms with E-state index in [1.165, 1.54) is 0 Å². The van der Waals surface area contributed by atoms with Crippen LogP contribution in [0.4, 0.5) is 0 Å². The van der Waals surface area contributed by atoms with Gasteiger partial charge in [-0.15, -0.1) is 0 Å². The van der Waals surface area contributed by atoms with Crippen molar-refractivity contribution in [2.75, 3.05) is 19.8 Å². The fraction of sp³-hybridized carbons (Fsp3) is 0.909. The summed E-state index contributed by atoms with van der Waals surface area (Å²) in [7, 11) is 0. The monoisotopic (exact) mass is 213 g/mol. The van der Waals surface area contributed by atoms with Gasteiger partial charge in [-0.25, -0.2) is 0 Å². The van der Waals surface area contributed by atoms with Crippen molar-refractivity contribution in [3.63, 3.8) is 0 Å². The molecule has 15 heavy (non-hydrogen) atoms. The molecule has 0 radical (unpaired) electrons. The van der Waals surface area contributed by atoms with E-state index in [1.54, 1.807) is 0 Å². The van der Waals surface area contributed by atoms with Crippen molar-refractivity contribution in [1.29, 1.82) is 0 Å². The summed E-state index contributed by atoms with van der Waals surface area (Å²) < 4.78 is 5.15. The second-order valence-corrected chi connectivity index (χ2v) is 4.71. The zero-order chi connectivity index (χ0) is 10.7. The second kappa shape index (κ2) is 4.49. The highest BCUT2D eigenvalue weighted by Crippen LogP contribution is 2.28. The average Bonchev–Trinajstić information content (AvgIpc) is 2.85. The Labute approximate surface area is 90.0 Å². The molecule has 1 aliphatic heterocycles.